The SMILES string of the molecule is CC(C)CC(N)c1nnc(SCc2c(Cl)cccc2Cl)o1.Cl. The Labute approximate surface area is 150 Å². The minimum atomic E-state index is -0.226. The predicted octanol–water partition coefficient (Wildman–Crippen LogP) is 5.14. The van der Waals surface area contributed by atoms with Gasteiger partial charge in [-0.2, -0.15) is 0 Å². The van der Waals surface area contributed by atoms with E-state index in [1.807, 2.05) is 6.07 Å². The molecular weight excluding hydrogens is 365 g/mol. The molecule has 0 spiro atoms. The lowest BCUT2D eigenvalue weighted by molar-refractivity contribution is 0.361. The smallest absolute Gasteiger partial charge is 0.276 e. The van der Waals surface area contributed by atoms with E-state index in [9.17, 15) is 0 Å². The molecule has 0 saturated heterocycles. The molecule has 0 saturated carbocycles. The van der Waals surface area contributed by atoms with E-state index >= 15 is 0 Å². The van der Waals surface area contributed by atoms with E-state index in [2.05, 4.69) is 24.0 Å². The molecular formula is C14H18Cl3N3OS. The lowest BCUT2D eigenvalue weighted by atomic mass is 10.1. The summed E-state index contributed by atoms with van der Waals surface area (Å²) in [5.41, 5.74) is 6.88. The molecule has 1 aromatic carbocycles. The van der Waals surface area contributed by atoms with Gasteiger partial charge in [0.25, 0.3) is 5.22 Å². The summed E-state index contributed by atoms with van der Waals surface area (Å²) in [4.78, 5) is 0. The van der Waals surface area contributed by atoms with Crippen molar-refractivity contribution in [1.82, 2.24) is 10.2 Å². The van der Waals surface area contributed by atoms with E-state index in [0.717, 1.165) is 12.0 Å². The fourth-order valence-corrected chi connectivity index (χ4v) is 3.35. The molecule has 0 amide bonds. The van der Waals surface area contributed by atoms with Crippen LogP contribution in [0.4, 0.5) is 0 Å². The van der Waals surface area contributed by atoms with Crippen LogP contribution in [-0.4, -0.2) is 10.2 Å². The number of hydrogen-bond donors (Lipinski definition) is 1. The average Bonchev–Trinajstić information content (AvgIpc) is 2.86. The Kier molecular flexibility index (Phi) is 8.00. The highest BCUT2D eigenvalue weighted by Gasteiger charge is 2.16. The van der Waals surface area contributed by atoms with Crippen LogP contribution in [0.15, 0.2) is 27.8 Å². The fraction of sp³-hybridized carbons (Fsp3) is 0.429. The number of halogens is 3. The van der Waals surface area contributed by atoms with Gasteiger partial charge in [-0.1, -0.05) is 54.9 Å². The van der Waals surface area contributed by atoms with Crippen molar-refractivity contribution in [3.8, 4) is 0 Å². The molecule has 0 aliphatic carbocycles. The second-order valence-corrected chi connectivity index (χ2v) is 6.87. The normalized spacial score (nSPS) is 12.3. The van der Waals surface area contributed by atoms with Gasteiger partial charge in [-0.25, -0.2) is 0 Å². The lowest BCUT2D eigenvalue weighted by Crippen LogP contribution is -2.13. The highest BCUT2D eigenvalue weighted by molar-refractivity contribution is 7.98. The summed E-state index contributed by atoms with van der Waals surface area (Å²) in [6.45, 7) is 4.20. The van der Waals surface area contributed by atoms with Crippen molar-refractivity contribution in [2.75, 3.05) is 0 Å². The minimum Gasteiger partial charge on any atom is -0.414 e. The van der Waals surface area contributed by atoms with Gasteiger partial charge in [0.2, 0.25) is 5.89 Å². The second-order valence-electron chi connectivity index (χ2n) is 5.13. The van der Waals surface area contributed by atoms with Gasteiger partial charge in [0, 0.05) is 15.8 Å². The van der Waals surface area contributed by atoms with Gasteiger partial charge in [0.1, 0.15) is 0 Å². The zero-order chi connectivity index (χ0) is 15.4. The Bertz CT molecular complexity index is 587. The zero-order valence-corrected chi connectivity index (χ0v) is 15.4. The van der Waals surface area contributed by atoms with Gasteiger partial charge >= 0.3 is 0 Å². The molecule has 2 aromatic rings. The van der Waals surface area contributed by atoms with E-state index in [1.54, 1.807) is 12.1 Å². The third-order valence-corrected chi connectivity index (χ3v) is 4.42. The largest absolute Gasteiger partial charge is 0.414 e. The van der Waals surface area contributed by atoms with E-state index < -0.39 is 0 Å². The highest BCUT2D eigenvalue weighted by Crippen LogP contribution is 2.31. The van der Waals surface area contributed by atoms with E-state index in [-0.39, 0.29) is 18.4 Å². The van der Waals surface area contributed by atoms with Crippen LogP contribution in [0.3, 0.4) is 0 Å². The van der Waals surface area contributed by atoms with Crippen molar-refractivity contribution < 1.29 is 4.42 Å². The van der Waals surface area contributed by atoms with Crippen LogP contribution >= 0.6 is 47.4 Å². The predicted molar refractivity (Wildman–Crippen MR) is 94.0 cm³/mol. The highest BCUT2D eigenvalue weighted by atomic mass is 35.5. The van der Waals surface area contributed by atoms with Gasteiger partial charge in [-0.3, -0.25) is 0 Å². The van der Waals surface area contributed by atoms with Gasteiger partial charge < -0.3 is 10.2 Å². The maximum atomic E-state index is 6.12. The molecule has 8 heteroatoms. The van der Waals surface area contributed by atoms with Crippen LogP contribution in [0.2, 0.25) is 10.0 Å². The van der Waals surface area contributed by atoms with Crippen molar-refractivity contribution in [2.45, 2.75) is 37.3 Å². The molecule has 1 atom stereocenters. The van der Waals surface area contributed by atoms with Crippen molar-refractivity contribution in [3.63, 3.8) is 0 Å². The third kappa shape index (κ3) is 5.32. The molecule has 122 valence electrons. The minimum absolute atomic E-state index is 0. The number of benzene rings is 1. The molecule has 0 fully saturated rings. The van der Waals surface area contributed by atoms with E-state index in [1.165, 1.54) is 11.8 Å². The molecule has 2 N–H and O–H groups in total. The molecule has 1 unspecified atom stereocenters. The molecule has 1 heterocycles. The Balaban J connectivity index is 0.00000242. The topological polar surface area (TPSA) is 64.9 Å². The Morgan fingerprint density at radius 2 is 1.86 bits per heavy atom. The van der Waals surface area contributed by atoms with E-state index in [0.29, 0.717) is 32.8 Å². The van der Waals surface area contributed by atoms with Crippen LogP contribution in [0.25, 0.3) is 0 Å². The van der Waals surface area contributed by atoms with Crippen molar-refractivity contribution in [2.24, 2.45) is 11.7 Å². The van der Waals surface area contributed by atoms with Crippen LogP contribution in [0.5, 0.6) is 0 Å². The molecule has 1 aromatic heterocycles. The van der Waals surface area contributed by atoms with Gasteiger partial charge in [0.05, 0.1) is 6.04 Å². The first kappa shape index (κ1) is 19.6. The monoisotopic (exact) mass is 381 g/mol. The summed E-state index contributed by atoms with van der Waals surface area (Å²) in [5, 5.41) is 9.73. The maximum absolute atomic E-state index is 6.12. The van der Waals surface area contributed by atoms with Gasteiger partial charge in [-0.15, -0.1) is 22.6 Å². The Morgan fingerprint density at radius 1 is 1.23 bits per heavy atom. The number of aromatic nitrogens is 2. The van der Waals surface area contributed by atoms with Crippen LogP contribution in [0.1, 0.15) is 37.8 Å². The number of thioether (sulfide) groups is 1. The maximum Gasteiger partial charge on any atom is 0.276 e. The number of nitrogens with two attached hydrogens (primary N) is 1. The first-order valence-electron chi connectivity index (χ1n) is 6.62. The fourth-order valence-electron chi connectivity index (χ4n) is 1.84. The first-order chi connectivity index (χ1) is 9.97. The summed E-state index contributed by atoms with van der Waals surface area (Å²) in [6, 6.07) is 5.20. The summed E-state index contributed by atoms with van der Waals surface area (Å²) >= 11 is 13.6. The van der Waals surface area contributed by atoms with Gasteiger partial charge in [-0.05, 0) is 30.0 Å². The third-order valence-electron chi connectivity index (χ3n) is 2.87. The molecule has 0 aliphatic heterocycles. The Morgan fingerprint density at radius 3 is 2.45 bits per heavy atom. The molecule has 2 rings (SSSR count). The summed E-state index contributed by atoms with van der Waals surface area (Å²) in [7, 11) is 0. The molecule has 0 radical (unpaired) electrons. The zero-order valence-electron chi connectivity index (χ0n) is 12.3. The summed E-state index contributed by atoms with van der Waals surface area (Å²) in [6.07, 6.45) is 0.808. The molecule has 0 aliphatic rings. The van der Waals surface area contributed by atoms with Crippen molar-refractivity contribution in [1.29, 1.82) is 0 Å². The number of nitrogens with zero attached hydrogens (tertiary/aromatic N) is 2. The summed E-state index contributed by atoms with van der Waals surface area (Å²) in [5.74, 6) is 1.51. The first-order valence-corrected chi connectivity index (χ1v) is 8.36. The van der Waals surface area contributed by atoms with Gasteiger partial charge in [0.15, 0.2) is 0 Å². The lowest BCUT2D eigenvalue weighted by Gasteiger charge is -2.08. The van der Waals surface area contributed by atoms with Crippen molar-refractivity contribution >= 4 is 47.4 Å². The van der Waals surface area contributed by atoms with Crippen LogP contribution in [-0.2, 0) is 5.75 Å². The number of hydrogen-bond acceptors (Lipinski definition) is 5. The second kappa shape index (κ2) is 8.99. The van der Waals surface area contributed by atoms with Crippen LogP contribution < -0.4 is 5.73 Å². The molecule has 0 bridgehead atoms. The standard InChI is InChI=1S/C14H17Cl2N3OS.ClH/c1-8(2)6-12(17)13-18-19-14(20-13)21-7-9-10(15)4-3-5-11(9)16;/h3-5,8,12H,6-7,17H2,1-2H3;1H. The Hall–Kier alpha value is -0.460. The van der Waals surface area contributed by atoms with Crippen molar-refractivity contribution in [3.05, 3.63) is 39.7 Å². The molecule has 4 nitrogen and oxygen atoms in total. The average molecular weight is 383 g/mol. The van der Waals surface area contributed by atoms with Crippen LogP contribution in [0, 0.1) is 5.92 Å². The van der Waals surface area contributed by atoms with E-state index in [4.69, 9.17) is 33.4 Å². The quantitative estimate of drug-likeness (QED) is 0.701. The molecule has 22 heavy (non-hydrogen) atoms. The summed E-state index contributed by atoms with van der Waals surface area (Å²) < 4.78 is 5.58. The number of rotatable bonds is 6.